The number of nitrogens with one attached hydrogen (secondary N) is 2. The van der Waals surface area contributed by atoms with Crippen LogP contribution in [0.4, 0.5) is 0 Å². The average molecular weight is 428 g/mol. The second-order valence-corrected chi connectivity index (χ2v) is 8.22. The number of likely N-dealkylation sites (tertiary alicyclic amines) is 1. The van der Waals surface area contributed by atoms with Gasteiger partial charge in [0.1, 0.15) is 18.1 Å². The quantitative estimate of drug-likeness (QED) is 0.248. The average Bonchev–Trinajstić information content (AvgIpc) is 3.18. The highest BCUT2D eigenvalue weighted by Gasteiger charge is 2.37. The smallest absolute Gasteiger partial charge is 0.320 e. The number of hydrogen-bond acceptors (Lipinski definition) is 6. The van der Waals surface area contributed by atoms with E-state index in [9.17, 15) is 19.2 Å². The van der Waals surface area contributed by atoms with E-state index < -0.39 is 30.0 Å². The molecular formula is C20H37N5O5. The number of hydrogen-bond donors (Lipinski definition) is 5. The Morgan fingerprint density at radius 1 is 1.17 bits per heavy atom. The minimum Gasteiger partial charge on any atom is -0.480 e. The van der Waals surface area contributed by atoms with Crippen LogP contribution in [0, 0.1) is 5.92 Å². The molecule has 0 saturated carbocycles. The molecule has 0 aromatic rings. The summed E-state index contributed by atoms with van der Waals surface area (Å²) in [4.78, 5) is 50.3. The van der Waals surface area contributed by atoms with Gasteiger partial charge in [-0.2, -0.15) is 0 Å². The lowest BCUT2D eigenvalue weighted by Gasteiger charge is -2.29. The Bertz CT molecular complexity index is 598. The van der Waals surface area contributed by atoms with Gasteiger partial charge in [-0.3, -0.25) is 19.2 Å². The lowest BCUT2D eigenvalue weighted by atomic mass is 10.1. The van der Waals surface area contributed by atoms with Gasteiger partial charge in [-0.05, 0) is 51.0 Å². The van der Waals surface area contributed by atoms with Gasteiger partial charge in [-0.15, -0.1) is 0 Å². The van der Waals surface area contributed by atoms with E-state index in [0.29, 0.717) is 51.2 Å². The summed E-state index contributed by atoms with van der Waals surface area (Å²) < 4.78 is 0. The number of amides is 3. The van der Waals surface area contributed by atoms with Gasteiger partial charge in [-0.25, -0.2) is 0 Å². The molecule has 0 radical (unpaired) electrons. The topological polar surface area (TPSA) is 168 Å². The highest BCUT2D eigenvalue weighted by Crippen LogP contribution is 2.20. The third-order valence-electron chi connectivity index (χ3n) is 5.10. The van der Waals surface area contributed by atoms with Gasteiger partial charge >= 0.3 is 5.97 Å². The molecule has 1 fully saturated rings. The van der Waals surface area contributed by atoms with Crippen molar-refractivity contribution in [1.82, 2.24) is 15.5 Å². The third-order valence-corrected chi connectivity index (χ3v) is 5.10. The fraction of sp³-hybridized carbons (Fsp3) is 0.800. The van der Waals surface area contributed by atoms with Crippen LogP contribution in [-0.2, 0) is 19.2 Å². The van der Waals surface area contributed by atoms with Gasteiger partial charge in [0.2, 0.25) is 17.7 Å². The summed E-state index contributed by atoms with van der Waals surface area (Å²) in [5, 5.41) is 14.4. The van der Waals surface area contributed by atoms with Crippen LogP contribution in [0.3, 0.4) is 0 Å². The van der Waals surface area contributed by atoms with Crippen LogP contribution in [0.5, 0.6) is 0 Å². The highest BCUT2D eigenvalue weighted by atomic mass is 16.4. The first-order valence-corrected chi connectivity index (χ1v) is 10.7. The second-order valence-electron chi connectivity index (χ2n) is 8.22. The van der Waals surface area contributed by atoms with Crippen molar-refractivity contribution in [1.29, 1.82) is 0 Å². The summed E-state index contributed by atoms with van der Waals surface area (Å²) >= 11 is 0. The fourth-order valence-corrected chi connectivity index (χ4v) is 3.35. The van der Waals surface area contributed by atoms with Crippen molar-refractivity contribution in [2.75, 3.05) is 19.6 Å². The Balaban J connectivity index is 2.77. The third kappa shape index (κ3) is 8.66. The highest BCUT2D eigenvalue weighted by molar-refractivity contribution is 5.92. The number of nitrogens with two attached hydrogens (primary N) is 2. The lowest BCUT2D eigenvalue weighted by molar-refractivity contribution is -0.141. The Labute approximate surface area is 178 Å². The number of carbonyl (C=O) groups is 4. The Hall–Kier alpha value is -2.20. The SMILES string of the molecule is CC(C)CNC(=O)[C@@H]1CCCN1C(=O)[C@H](CCCCN)NC(=O)CC[C@H](N)C(=O)O. The first-order chi connectivity index (χ1) is 14.2. The normalized spacial score (nSPS) is 18.2. The molecule has 3 amide bonds. The van der Waals surface area contributed by atoms with Crippen molar-refractivity contribution in [3.63, 3.8) is 0 Å². The summed E-state index contributed by atoms with van der Waals surface area (Å²) in [5.41, 5.74) is 11.0. The monoisotopic (exact) mass is 427 g/mol. The number of nitrogens with zero attached hydrogens (tertiary/aromatic N) is 1. The van der Waals surface area contributed by atoms with Crippen molar-refractivity contribution in [3.8, 4) is 0 Å². The van der Waals surface area contributed by atoms with Crippen molar-refractivity contribution in [3.05, 3.63) is 0 Å². The van der Waals surface area contributed by atoms with Crippen LogP contribution >= 0.6 is 0 Å². The van der Waals surface area contributed by atoms with Gasteiger partial charge in [0.05, 0.1) is 0 Å². The van der Waals surface area contributed by atoms with E-state index in [0.717, 1.165) is 6.42 Å². The molecule has 0 bridgehead atoms. The summed E-state index contributed by atoms with van der Waals surface area (Å²) in [7, 11) is 0. The first kappa shape index (κ1) is 25.8. The molecule has 0 aliphatic carbocycles. The fourth-order valence-electron chi connectivity index (χ4n) is 3.35. The molecule has 0 aromatic carbocycles. The molecule has 1 rings (SSSR count). The lowest BCUT2D eigenvalue weighted by Crippen LogP contribution is -2.53. The molecule has 172 valence electrons. The molecule has 10 heteroatoms. The van der Waals surface area contributed by atoms with Crippen LogP contribution in [0.2, 0.25) is 0 Å². The zero-order valence-corrected chi connectivity index (χ0v) is 18.1. The van der Waals surface area contributed by atoms with Crippen molar-refractivity contribution in [2.24, 2.45) is 17.4 Å². The van der Waals surface area contributed by atoms with Crippen LogP contribution in [-0.4, -0.2) is 71.5 Å². The van der Waals surface area contributed by atoms with Crippen LogP contribution in [0.1, 0.15) is 58.8 Å². The zero-order valence-electron chi connectivity index (χ0n) is 18.1. The summed E-state index contributed by atoms with van der Waals surface area (Å²) in [6, 6.07) is -2.44. The summed E-state index contributed by atoms with van der Waals surface area (Å²) in [6.07, 6.45) is 2.97. The standard InChI is InChI=1S/C20H37N5O5/c1-13(2)12-23-18(27)16-7-5-11-25(16)19(28)15(6-3-4-10-21)24-17(26)9-8-14(22)20(29)30/h13-16H,3-12,21-22H2,1-2H3,(H,23,27)(H,24,26)(H,29,30)/t14-,15-,16-/m0/s1. The summed E-state index contributed by atoms with van der Waals surface area (Å²) in [5.74, 6) is -1.76. The van der Waals surface area contributed by atoms with Crippen molar-refractivity contribution >= 4 is 23.7 Å². The molecule has 30 heavy (non-hydrogen) atoms. The Morgan fingerprint density at radius 2 is 1.87 bits per heavy atom. The number of carboxylic acids is 1. The van der Waals surface area contributed by atoms with Gasteiger partial charge in [-0.1, -0.05) is 13.8 Å². The number of carboxylic acid groups (broad SMARTS) is 1. The molecule has 7 N–H and O–H groups in total. The van der Waals surface area contributed by atoms with E-state index in [4.69, 9.17) is 16.6 Å². The molecule has 3 atom stereocenters. The van der Waals surface area contributed by atoms with Gasteiger partial charge in [0, 0.05) is 19.5 Å². The van der Waals surface area contributed by atoms with E-state index in [2.05, 4.69) is 10.6 Å². The van der Waals surface area contributed by atoms with E-state index >= 15 is 0 Å². The van der Waals surface area contributed by atoms with Gasteiger partial charge < -0.3 is 32.1 Å². The van der Waals surface area contributed by atoms with Gasteiger partial charge in [0.25, 0.3) is 0 Å². The molecule has 1 aliphatic heterocycles. The molecule has 1 saturated heterocycles. The molecule has 0 unspecified atom stereocenters. The number of unbranched alkanes of at least 4 members (excludes halogenated alkanes) is 1. The first-order valence-electron chi connectivity index (χ1n) is 10.7. The molecule has 1 aliphatic rings. The maximum Gasteiger partial charge on any atom is 0.320 e. The number of rotatable bonds is 13. The molecule has 1 heterocycles. The van der Waals surface area contributed by atoms with E-state index in [1.165, 1.54) is 0 Å². The molecule has 0 spiro atoms. The maximum atomic E-state index is 13.2. The predicted molar refractivity (Wildman–Crippen MR) is 112 cm³/mol. The van der Waals surface area contributed by atoms with Crippen LogP contribution in [0.15, 0.2) is 0 Å². The minimum absolute atomic E-state index is 0.0190. The minimum atomic E-state index is -1.18. The van der Waals surface area contributed by atoms with Crippen molar-refractivity contribution < 1.29 is 24.3 Å². The second kappa shape index (κ2) is 13.2. The van der Waals surface area contributed by atoms with Crippen molar-refractivity contribution in [2.45, 2.75) is 76.9 Å². The maximum absolute atomic E-state index is 13.2. The number of aliphatic carboxylic acids is 1. The molecular weight excluding hydrogens is 390 g/mol. The largest absolute Gasteiger partial charge is 0.480 e. The molecule has 10 nitrogen and oxygen atoms in total. The Kier molecular flexibility index (Phi) is 11.3. The predicted octanol–water partition coefficient (Wildman–Crippen LogP) is -0.444. The number of carbonyl (C=O) groups excluding carboxylic acids is 3. The summed E-state index contributed by atoms with van der Waals surface area (Å²) in [6.45, 7) is 5.48. The zero-order chi connectivity index (χ0) is 22.7. The Morgan fingerprint density at radius 3 is 2.47 bits per heavy atom. The van der Waals surface area contributed by atoms with E-state index in [1.54, 1.807) is 4.90 Å². The van der Waals surface area contributed by atoms with Crippen LogP contribution in [0.25, 0.3) is 0 Å². The van der Waals surface area contributed by atoms with Crippen LogP contribution < -0.4 is 22.1 Å². The molecule has 0 aromatic heterocycles. The van der Waals surface area contributed by atoms with Gasteiger partial charge in [0.15, 0.2) is 0 Å². The van der Waals surface area contributed by atoms with E-state index in [-0.39, 0.29) is 24.7 Å². The van der Waals surface area contributed by atoms with E-state index in [1.807, 2.05) is 13.8 Å².